The van der Waals surface area contributed by atoms with E-state index in [0.717, 1.165) is 17.7 Å². The number of pyridine rings is 1. The summed E-state index contributed by atoms with van der Waals surface area (Å²) in [5.74, 6) is 0.267. The molecule has 1 aromatic heterocycles. The molecule has 0 unspecified atom stereocenters. The molecule has 19 heavy (non-hydrogen) atoms. The zero-order chi connectivity index (χ0) is 13.7. The van der Waals surface area contributed by atoms with Crippen molar-refractivity contribution in [2.45, 2.75) is 6.42 Å². The first-order valence-electron chi connectivity index (χ1n) is 5.99. The smallest absolute Gasteiger partial charge is 0.142 e. The van der Waals surface area contributed by atoms with Crippen molar-refractivity contribution in [1.82, 2.24) is 4.98 Å². The molecule has 0 bridgehead atoms. The van der Waals surface area contributed by atoms with Crippen molar-refractivity contribution in [1.29, 1.82) is 5.26 Å². The normalized spacial score (nSPS) is 10.1. The van der Waals surface area contributed by atoms with Gasteiger partial charge in [-0.1, -0.05) is 24.3 Å². The van der Waals surface area contributed by atoms with Crippen LogP contribution in [0.3, 0.4) is 0 Å². The molecule has 0 atom stereocenters. The Kier molecular flexibility index (Phi) is 4.11. The van der Waals surface area contributed by atoms with Crippen molar-refractivity contribution in [3.05, 3.63) is 47.5 Å². The molecule has 96 valence electrons. The predicted molar refractivity (Wildman–Crippen MR) is 74.4 cm³/mol. The molecule has 0 spiro atoms. The van der Waals surface area contributed by atoms with Crippen LogP contribution in [0.4, 0.5) is 5.82 Å². The van der Waals surface area contributed by atoms with Gasteiger partial charge in [0.1, 0.15) is 11.9 Å². The molecule has 0 aliphatic heterocycles. The predicted octanol–water partition coefficient (Wildman–Crippen LogP) is 2.39. The molecule has 2 rings (SSSR count). The summed E-state index contributed by atoms with van der Waals surface area (Å²) in [6.07, 6.45) is 0.889. The fourth-order valence-corrected chi connectivity index (χ4v) is 1.79. The molecule has 1 heterocycles. The monoisotopic (exact) mass is 253 g/mol. The number of nitriles is 1. The van der Waals surface area contributed by atoms with Crippen molar-refractivity contribution < 1.29 is 4.74 Å². The summed E-state index contributed by atoms with van der Waals surface area (Å²) in [7, 11) is 1.69. The second kappa shape index (κ2) is 5.98. The third-order valence-electron chi connectivity index (χ3n) is 2.89. The number of nitrogen functional groups attached to an aromatic ring is 1. The number of rotatable bonds is 4. The Labute approximate surface area is 112 Å². The van der Waals surface area contributed by atoms with Crippen molar-refractivity contribution in [3.8, 4) is 17.3 Å². The lowest BCUT2D eigenvalue weighted by atomic mass is 10.1. The van der Waals surface area contributed by atoms with Gasteiger partial charge in [-0.05, 0) is 24.1 Å². The fraction of sp³-hybridized carbons (Fsp3) is 0.200. The van der Waals surface area contributed by atoms with Crippen LogP contribution in [0.1, 0.15) is 11.1 Å². The average Bonchev–Trinajstić information content (AvgIpc) is 2.45. The van der Waals surface area contributed by atoms with Gasteiger partial charge < -0.3 is 10.5 Å². The van der Waals surface area contributed by atoms with E-state index in [1.165, 1.54) is 5.56 Å². The van der Waals surface area contributed by atoms with Crippen LogP contribution in [-0.2, 0) is 11.2 Å². The third kappa shape index (κ3) is 3.09. The number of hydrogen-bond acceptors (Lipinski definition) is 4. The van der Waals surface area contributed by atoms with Gasteiger partial charge in [-0.2, -0.15) is 5.26 Å². The van der Waals surface area contributed by atoms with Crippen molar-refractivity contribution >= 4 is 5.82 Å². The minimum Gasteiger partial charge on any atom is -0.384 e. The van der Waals surface area contributed by atoms with E-state index in [1.54, 1.807) is 19.2 Å². The zero-order valence-electron chi connectivity index (χ0n) is 10.8. The number of aromatic nitrogens is 1. The van der Waals surface area contributed by atoms with Crippen molar-refractivity contribution in [2.75, 3.05) is 19.5 Å². The molecule has 0 saturated heterocycles. The maximum Gasteiger partial charge on any atom is 0.142 e. The van der Waals surface area contributed by atoms with E-state index in [4.69, 9.17) is 15.7 Å². The maximum atomic E-state index is 8.82. The molecule has 2 N–H and O–H groups in total. The summed E-state index contributed by atoms with van der Waals surface area (Å²) >= 11 is 0. The van der Waals surface area contributed by atoms with Crippen LogP contribution >= 0.6 is 0 Å². The minimum absolute atomic E-state index is 0.267. The Morgan fingerprint density at radius 2 is 1.95 bits per heavy atom. The van der Waals surface area contributed by atoms with E-state index in [-0.39, 0.29) is 5.82 Å². The highest BCUT2D eigenvalue weighted by molar-refractivity contribution is 5.63. The molecule has 4 heteroatoms. The molecule has 0 fully saturated rings. The number of ether oxygens (including phenoxy) is 1. The zero-order valence-corrected chi connectivity index (χ0v) is 10.8. The van der Waals surface area contributed by atoms with E-state index in [2.05, 4.69) is 4.98 Å². The lowest BCUT2D eigenvalue weighted by Gasteiger charge is -2.05. The van der Waals surface area contributed by atoms with Crippen LogP contribution in [0.25, 0.3) is 11.3 Å². The molecular weight excluding hydrogens is 238 g/mol. The van der Waals surface area contributed by atoms with E-state index >= 15 is 0 Å². The van der Waals surface area contributed by atoms with E-state index < -0.39 is 0 Å². The summed E-state index contributed by atoms with van der Waals surface area (Å²) < 4.78 is 5.04. The number of nitrogens with zero attached hydrogens (tertiary/aromatic N) is 2. The number of nitrogens with two attached hydrogens (primary N) is 1. The molecule has 0 saturated carbocycles. The average molecular weight is 253 g/mol. The Morgan fingerprint density at radius 3 is 2.53 bits per heavy atom. The molecule has 0 amide bonds. The standard InChI is InChI=1S/C15H15N3O/c1-19-9-8-11-2-4-12(5-3-11)14-7-6-13(10-16)15(17)18-14/h2-7H,8-9H2,1H3,(H2,17,18). The number of methoxy groups -OCH3 is 1. The fourth-order valence-electron chi connectivity index (χ4n) is 1.79. The third-order valence-corrected chi connectivity index (χ3v) is 2.89. The summed E-state index contributed by atoms with van der Waals surface area (Å²) in [6, 6.07) is 13.6. The van der Waals surface area contributed by atoms with Gasteiger partial charge in [0.2, 0.25) is 0 Å². The molecular formula is C15H15N3O. The Balaban J connectivity index is 2.22. The largest absolute Gasteiger partial charge is 0.384 e. The summed E-state index contributed by atoms with van der Waals surface area (Å²) in [6.45, 7) is 0.710. The Hall–Kier alpha value is -2.38. The highest BCUT2D eigenvalue weighted by Gasteiger charge is 2.04. The van der Waals surface area contributed by atoms with Gasteiger partial charge in [-0.15, -0.1) is 0 Å². The molecule has 0 aliphatic carbocycles. The quantitative estimate of drug-likeness (QED) is 0.908. The van der Waals surface area contributed by atoms with Crippen molar-refractivity contribution in [2.24, 2.45) is 0 Å². The number of benzene rings is 1. The van der Waals surface area contributed by atoms with Crippen LogP contribution in [0.15, 0.2) is 36.4 Å². The van der Waals surface area contributed by atoms with Crippen molar-refractivity contribution in [3.63, 3.8) is 0 Å². The van der Waals surface area contributed by atoms with E-state index in [9.17, 15) is 0 Å². The van der Waals surface area contributed by atoms with Gasteiger partial charge in [-0.3, -0.25) is 0 Å². The first kappa shape index (κ1) is 13.1. The molecule has 2 aromatic rings. The Bertz CT molecular complexity index is 600. The molecule has 0 aliphatic rings. The minimum atomic E-state index is 0.267. The van der Waals surface area contributed by atoms with Crippen LogP contribution in [0.2, 0.25) is 0 Å². The maximum absolute atomic E-state index is 8.82. The summed E-state index contributed by atoms with van der Waals surface area (Å²) in [5.41, 5.74) is 9.09. The second-order valence-electron chi connectivity index (χ2n) is 4.18. The highest BCUT2D eigenvalue weighted by atomic mass is 16.5. The van der Waals surface area contributed by atoms with Gasteiger partial charge in [0, 0.05) is 12.7 Å². The van der Waals surface area contributed by atoms with Crippen LogP contribution in [-0.4, -0.2) is 18.7 Å². The van der Waals surface area contributed by atoms with Crippen LogP contribution in [0, 0.1) is 11.3 Å². The van der Waals surface area contributed by atoms with Gasteiger partial charge in [0.15, 0.2) is 0 Å². The first-order valence-corrected chi connectivity index (χ1v) is 5.99. The first-order chi connectivity index (χ1) is 9.24. The van der Waals surface area contributed by atoms with Gasteiger partial charge >= 0.3 is 0 Å². The number of hydrogen-bond donors (Lipinski definition) is 1. The van der Waals surface area contributed by atoms with Gasteiger partial charge in [0.25, 0.3) is 0 Å². The summed E-state index contributed by atoms with van der Waals surface area (Å²) in [5, 5.41) is 8.82. The lowest BCUT2D eigenvalue weighted by Crippen LogP contribution is -1.97. The van der Waals surface area contributed by atoms with E-state index in [1.807, 2.05) is 30.3 Å². The SMILES string of the molecule is COCCc1ccc(-c2ccc(C#N)c(N)n2)cc1. The highest BCUT2D eigenvalue weighted by Crippen LogP contribution is 2.20. The van der Waals surface area contributed by atoms with Crippen LogP contribution in [0.5, 0.6) is 0 Å². The van der Waals surface area contributed by atoms with E-state index in [0.29, 0.717) is 12.2 Å². The topological polar surface area (TPSA) is 71.9 Å². The molecule has 1 aromatic carbocycles. The summed E-state index contributed by atoms with van der Waals surface area (Å²) in [4.78, 5) is 4.24. The van der Waals surface area contributed by atoms with Gasteiger partial charge in [-0.25, -0.2) is 4.98 Å². The van der Waals surface area contributed by atoms with Gasteiger partial charge in [0.05, 0.1) is 17.9 Å². The van der Waals surface area contributed by atoms with Crippen LogP contribution < -0.4 is 5.73 Å². The second-order valence-corrected chi connectivity index (χ2v) is 4.18. The molecule has 0 radical (unpaired) electrons. The Morgan fingerprint density at radius 1 is 1.21 bits per heavy atom. The lowest BCUT2D eigenvalue weighted by molar-refractivity contribution is 0.202. The number of anilines is 1. The molecule has 4 nitrogen and oxygen atoms in total.